The van der Waals surface area contributed by atoms with E-state index in [0.29, 0.717) is 12.3 Å². The smallest absolute Gasteiger partial charge is 0.164 e. The third kappa shape index (κ3) is 3.57. The van der Waals surface area contributed by atoms with Gasteiger partial charge in [-0.25, -0.2) is 0 Å². The fraction of sp³-hybridized carbons (Fsp3) is 0.533. The summed E-state index contributed by atoms with van der Waals surface area (Å²) in [6.45, 7) is 0. The number of halogens is 1. The van der Waals surface area contributed by atoms with E-state index in [9.17, 15) is 4.79 Å². The molecule has 1 aromatic carbocycles. The highest BCUT2D eigenvalue weighted by molar-refractivity contribution is 6.22. The Balaban J connectivity index is 1.89. The second-order valence-corrected chi connectivity index (χ2v) is 5.47. The number of alkyl halides is 1. The maximum Gasteiger partial charge on any atom is 0.164 e. The highest BCUT2D eigenvalue weighted by Crippen LogP contribution is 2.31. The van der Waals surface area contributed by atoms with Gasteiger partial charge in [0.25, 0.3) is 0 Å². The SMILES string of the molecule is O=C(CC(Cl)C1CCCCC1)c1ccccc1. The molecule has 0 spiro atoms. The molecule has 2 heteroatoms. The Bertz CT molecular complexity index is 354. The fourth-order valence-corrected chi connectivity index (χ4v) is 2.97. The van der Waals surface area contributed by atoms with E-state index in [2.05, 4.69) is 0 Å². The van der Waals surface area contributed by atoms with Crippen LogP contribution in [-0.4, -0.2) is 11.2 Å². The normalized spacial score (nSPS) is 18.9. The molecule has 0 aliphatic heterocycles. The van der Waals surface area contributed by atoms with Gasteiger partial charge in [-0.05, 0) is 18.8 Å². The van der Waals surface area contributed by atoms with E-state index in [1.165, 1.54) is 32.1 Å². The molecule has 0 amide bonds. The first kappa shape index (κ1) is 12.6. The molecule has 0 saturated heterocycles. The number of Topliss-reactive ketones (excluding diaryl/α,β-unsaturated/α-hetero) is 1. The van der Waals surface area contributed by atoms with Crippen molar-refractivity contribution in [3.63, 3.8) is 0 Å². The van der Waals surface area contributed by atoms with Crippen molar-refractivity contribution in [2.75, 3.05) is 0 Å². The lowest BCUT2D eigenvalue weighted by Gasteiger charge is -2.25. The third-order valence-corrected chi connectivity index (χ3v) is 4.15. The Labute approximate surface area is 108 Å². The highest BCUT2D eigenvalue weighted by atomic mass is 35.5. The average Bonchev–Trinajstić information content (AvgIpc) is 2.40. The number of rotatable bonds is 4. The second kappa shape index (κ2) is 6.20. The largest absolute Gasteiger partial charge is 0.294 e. The van der Waals surface area contributed by atoms with Gasteiger partial charge in [-0.2, -0.15) is 0 Å². The fourth-order valence-electron chi connectivity index (χ4n) is 2.58. The summed E-state index contributed by atoms with van der Waals surface area (Å²) in [5.74, 6) is 0.717. The molecule has 1 unspecified atom stereocenters. The summed E-state index contributed by atoms with van der Waals surface area (Å²) in [6, 6.07) is 9.46. The Kier molecular flexibility index (Phi) is 4.61. The first-order valence-electron chi connectivity index (χ1n) is 6.49. The van der Waals surface area contributed by atoms with Crippen LogP contribution in [0.5, 0.6) is 0 Å². The number of carbonyl (C=O) groups is 1. The van der Waals surface area contributed by atoms with Gasteiger partial charge in [0.05, 0.1) is 0 Å². The van der Waals surface area contributed by atoms with E-state index in [0.717, 1.165) is 5.56 Å². The first-order chi connectivity index (χ1) is 8.27. The number of hydrogen-bond donors (Lipinski definition) is 0. The van der Waals surface area contributed by atoms with Crippen LogP contribution in [0.25, 0.3) is 0 Å². The number of hydrogen-bond acceptors (Lipinski definition) is 1. The van der Waals surface area contributed by atoms with Crippen molar-refractivity contribution in [3.8, 4) is 0 Å². The van der Waals surface area contributed by atoms with Crippen LogP contribution in [0.2, 0.25) is 0 Å². The average molecular weight is 251 g/mol. The van der Waals surface area contributed by atoms with Crippen LogP contribution >= 0.6 is 11.6 Å². The van der Waals surface area contributed by atoms with Gasteiger partial charge < -0.3 is 0 Å². The molecule has 1 nitrogen and oxygen atoms in total. The van der Waals surface area contributed by atoms with E-state index >= 15 is 0 Å². The molecular weight excluding hydrogens is 232 g/mol. The molecule has 1 atom stereocenters. The zero-order chi connectivity index (χ0) is 12.1. The van der Waals surface area contributed by atoms with E-state index in [-0.39, 0.29) is 11.2 Å². The molecule has 1 aliphatic rings. The van der Waals surface area contributed by atoms with Crippen LogP contribution in [0.4, 0.5) is 0 Å². The van der Waals surface area contributed by atoms with E-state index < -0.39 is 0 Å². The predicted molar refractivity (Wildman–Crippen MR) is 71.6 cm³/mol. The monoisotopic (exact) mass is 250 g/mol. The van der Waals surface area contributed by atoms with Crippen LogP contribution in [0.15, 0.2) is 30.3 Å². The van der Waals surface area contributed by atoms with Crippen molar-refractivity contribution in [1.82, 2.24) is 0 Å². The van der Waals surface area contributed by atoms with Crippen LogP contribution in [0, 0.1) is 5.92 Å². The summed E-state index contributed by atoms with van der Waals surface area (Å²) in [6.07, 6.45) is 6.73. The van der Waals surface area contributed by atoms with Gasteiger partial charge in [0.15, 0.2) is 5.78 Å². The van der Waals surface area contributed by atoms with Gasteiger partial charge in [0.1, 0.15) is 0 Å². The topological polar surface area (TPSA) is 17.1 Å². The van der Waals surface area contributed by atoms with Crippen molar-refractivity contribution >= 4 is 17.4 Å². The lowest BCUT2D eigenvalue weighted by molar-refractivity contribution is 0.0972. The molecule has 1 aromatic rings. The first-order valence-corrected chi connectivity index (χ1v) is 6.93. The van der Waals surface area contributed by atoms with Gasteiger partial charge in [-0.1, -0.05) is 49.6 Å². The molecule has 1 aliphatic carbocycles. The van der Waals surface area contributed by atoms with E-state index in [1.807, 2.05) is 30.3 Å². The summed E-state index contributed by atoms with van der Waals surface area (Å²) in [7, 11) is 0. The summed E-state index contributed by atoms with van der Waals surface area (Å²) in [5, 5.41) is 0.0167. The van der Waals surface area contributed by atoms with Gasteiger partial charge in [0, 0.05) is 17.4 Å². The molecule has 0 radical (unpaired) electrons. The minimum Gasteiger partial charge on any atom is -0.294 e. The van der Waals surface area contributed by atoms with Gasteiger partial charge >= 0.3 is 0 Å². The van der Waals surface area contributed by atoms with Crippen molar-refractivity contribution in [2.24, 2.45) is 5.92 Å². The quantitative estimate of drug-likeness (QED) is 0.570. The molecule has 0 aromatic heterocycles. The zero-order valence-electron chi connectivity index (χ0n) is 10.1. The summed E-state index contributed by atoms with van der Waals surface area (Å²) >= 11 is 6.38. The maximum atomic E-state index is 12.0. The predicted octanol–water partition coefficient (Wildman–Crippen LogP) is 4.45. The Morgan fingerprint density at radius 2 is 1.82 bits per heavy atom. The third-order valence-electron chi connectivity index (χ3n) is 3.64. The Hall–Kier alpha value is -0.820. The van der Waals surface area contributed by atoms with Gasteiger partial charge in [-0.15, -0.1) is 11.6 Å². The number of benzene rings is 1. The zero-order valence-corrected chi connectivity index (χ0v) is 10.8. The maximum absolute atomic E-state index is 12.0. The highest BCUT2D eigenvalue weighted by Gasteiger charge is 2.24. The summed E-state index contributed by atoms with van der Waals surface area (Å²) in [4.78, 5) is 12.0. The Morgan fingerprint density at radius 1 is 1.18 bits per heavy atom. The van der Waals surface area contributed by atoms with Gasteiger partial charge in [0.2, 0.25) is 0 Å². The minimum absolute atomic E-state index is 0.0167. The van der Waals surface area contributed by atoms with Crippen LogP contribution < -0.4 is 0 Å². The second-order valence-electron chi connectivity index (χ2n) is 4.91. The van der Waals surface area contributed by atoms with E-state index in [1.54, 1.807) is 0 Å². The molecule has 0 bridgehead atoms. The van der Waals surface area contributed by atoms with Crippen molar-refractivity contribution < 1.29 is 4.79 Å². The van der Waals surface area contributed by atoms with Crippen molar-refractivity contribution in [3.05, 3.63) is 35.9 Å². The van der Waals surface area contributed by atoms with Crippen molar-refractivity contribution in [2.45, 2.75) is 43.9 Å². The lowest BCUT2D eigenvalue weighted by atomic mass is 9.85. The van der Waals surface area contributed by atoms with E-state index in [4.69, 9.17) is 11.6 Å². The molecule has 17 heavy (non-hydrogen) atoms. The molecule has 1 saturated carbocycles. The molecule has 0 N–H and O–H groups in total. The standard InChI is InChI=1S/C15H19ClO/c16-14(12-7-3-1-4-8-12)11-15(17)13-9-5-2-6-10-13/h2,5-6,9-10,12,14H,1,3-4,7-8,11H2. The molecule has 92 valence electrons. The molecule has 0 heterocycles. The van der Waals surface area contributed by atoms with Crippen molar-refractivity contribution in [1.29, 1.82) is 0 Å². The van der Waals surface area contributed by atoms with Crippen LogP contribution in [0.1, 0.15) is 48.9 Å². The van der Waals surface area contributed by atoms with Crippen LogP contribution in [0.3, 0.4) is 0 Å². The minimum atomic E-state index is 0.0167. The number of ketones is 1. The molecule has 1 fully saturated rings. The summed E-state index contributed by atoms with van der Waals surface area (Å²) < 4.78 is 0. The van der Waals surface area contributed by atoms with Crippen LogP contribution in [-0.2, 0) is 0 Å². The van der Waals surface area contributed by atoms with Gasteiger partial charge in [-0.3, -0.25) is 4.79 Å². The lowest BCUT2D eigenvalue weighted by Crippen LogP contribution is -2.21. The molecular formula is C15H19ClO. The molecule has 2 rings (SSSR count). The summed E-state index contributed by atoms with van der Waals surface area (Å²) in [5.41, 5.74) is 0.786. The number of carbonyl (C=O) groups excluding carboxylic acids is 1. The Morgan fingerprint density at radius 3 is 2.47 bits per heavy atom.